The zero-order valence-corrected chi connectivity index (χ0v) is 22.9. The first-order chi connectivity index (χ1) is 20.8. The van der Waals surface area contributed by atoms with Crippen LogP contribution in [0, 0.1) is 0 Å². The van der Waals surface area contributed by atoms with Crippen LogP contribution in [0.2, 0.25) is 0 Å². The van der Waals surface area contributed by atoms with E-state index < -0.39 is 0 Å². The summed E-state index contributed by atoms with van der Waals surface area (Å²) in [6.07, 6.45) is 5.62. The Labute approximate surface area is 245 Å². The zero-order chi connectivity index (χ0) is 28.1. The Kier molecular flexibility index (Phi) is 6.89. The topological polar surface area (TPSA) is 38.7 Å². The highest BCUT2D eigenvalue weighted by Gasteiger charge is 2.11. The van der Waals surface area contributed by atoms with E-state index in [1.807, 2.05) is 48.8 Å². The summed E-state index contributed by atoms with van der Waals surface area (Å²) in [7, 11) is 0. The lowest BCUT2D eigenvalue weighted by Crippen LogP contribution is -1.90. The number of hydrogen-bond donors (Lipinski definition) is 0. The molecular formula is C39H27N3. The predicted molar refractivity (Wildman–Crippen MR) is 172 cm³/mol. The van der Waals surface area contributed by atoms with Crippen LogP contribution in [0.4, 0.5) is 0 Å². The average Bonchev–Trinajstić information content (AvgIpc) is 3.09. The molecule has 0 saturated carbocycles. The normalized spacial score (nSPS) is 10.9. The highest BCUT2D eigenvalue weighted by molar-refractivity contribution is 5.86. The lowest BCUT2D eigenvalue weighted by Gasteiger charge is -2.13. The summed E-state index contributed by atoms with van der Waals surface area (Å²) < 4.78 is 0. The Balaban J connectivity index is 1.21. The molecule has 3 aromatic heterocycles. The largest absolute Gasteiger partial charge is 0.256 e. The van der Waals surface area contributed by atoms with Gasteiger partial charge in [-0.15, -0.1) is 0 Å². The van der Waals surface area contributed by atoms with Gasteiger partial charge in [-0.05, 0) is 81.4 Å². The molecule has 0 aliphatic rings. The molecule has 0 bridgehead atoms. The van der Waals surface area contributed by atoms with Crippen molar-refractivity contribution in [2.24, 2.45) is 0 Å². The molecule has 0 spiro atoms. The van der Waals surface area contributed by atoms with Gasteiger partial charge in [0.2, 0.25) is 0 Å². The third kappa shape index (κ3) is 5.24. The molecule has 7 aromatic rings. The summed E-state index contributed by atoms with van der Waals surface area (Å²) in [5, 5.41) is 0. The first kappa shape index (κ1) is 25.3. The van der Waals surface area contributed by atoms with Gasteiger partial charge < -0.3 is 0 Å². The van der Waals surface area contributed by atoms with Gasteiger partial charge in [-0.3, -0.25) is 15.0 Å². The molecule has 3 nitrogen and oxygen atoms in total. The highest BCUT2D eigenvalue weighted by Crippen LogP contribution is 2.36. The molecule has 4 aromatic carbocycles. The molecule has 7 rings (SSSR count). The van der Waals surface area contributed by atoms with E-state index in [-0.39, 0.29) is 0 Å². The van der Waals surface area contributed by atoms with E-state index in [0.29, 0.717) is 0 Å². The number of benzene rings is 4. The Morgan fingerprint density at radius 1 is 0.286 bits per heavy atom. The second-order valence-electron chi connectivity index (χ2n) is 10.2. The Morgan fingerprint density at radius 2 is 0.881 bits per heavy atom. The van der Waals surface area contributed by atoms with Crippen molar-refractivity contribution in [3.63, 3.8) is 0 Å². The second kappa shape index (κ2) is 11.4. The van der Waals surface area contributed by atoms with Crippen LogP contribution in [0.15, 0.2) is 164 Å². The quantitative estimate of drug-likeness (QED) is 0.212. The summed E-state index contributed by atoms with van der Waals surface area (Å²) in [6, 6.07) is 50.6. The van der Waals surface area contributed by atoms with Crippen molar-refractivity contribution in [2.45, 2.75) is 0 Å². The molecule has 0 fully saturated rings. The minimum absolute atomic E-state index is 0.861. The van der Waals surface area contributed by atoms with Crippen LogP contribution in [0.1, 0.15) is 0 Å². The van der Waals surface area contributed by atoms with E-state index in [1.54, 1.807) is 6.20 Å². The molecule has 198 valence electrons. The van der Waals surface area contributed by atoms with Crippen molar-refractivity contribution in [3.8, 4) is 67.2 Å². The maximum atomic E-state index is 4.74. The Bertz CT molecular complexity index is 1960. The SMILES string of the molecule is c1ccc(-c2ccc(-c3cccc(-c4cccc(-c5ccccc5-c5ccnc(-c6ccccn6)c5)c4)c3)cn2)cc1. The lowest BCUT2D eigenvalue weighted by atomic mass is 9.92. The van der Waals surface area contributed by atoms with Crippen molar-refractivity contribution < 1.29 is 0 Å². The van der Waals surface area contributed by atoms with Gasteiger partial charge in [-0.25, -0.2) is 0 Å². The number of nitrogens with zero attached hydrogens (tertiary/aromatic N) is 3. The van der Waals surface area contributed by atoms with Crippen molar-refractivity contribution in [2.75, 3.05) is 0 Å². The number of hydrogen-bond acceptors (Lipinski definition) is 3. The molecule has 0 aliphatic carbocycles. The molecule has 3 heterocycles. The van der Waals surface area contributed by atoms with Crippen molar-refractivity contribution in [3.05, 3.63) is 164 Å². The molecule has 0 radical (unpaired) electrons. The summed E-state index contributed by atoms with van der Waals surface area (Å²) in [6.45, 7) is 0. The molecule has 0 saturated heterocycles. The van der Waals surface area contributed by atoms with E-state index in [1.165, 1.54) is 22.3 Å². The lowest BCUT2D eigenvalue weighted by molar-refractivity contribution is 1.25. The fourth-order valence-corrected chi connectivity index (χ4v) is 5.33. The smallest absolute Gasteiger partial charge is 0.0892 e. The maximum Gasteiger partial charge on any atom is 0.0892 e. The van der Waals surface area contributed by atoms with Gasteiger partial charge in [-0.2, -0.15) is 0 Å². The highest BCUT2D eigenvalue weighted by atomic mass is 14.8. The summed E-state index contributed by atoms with van der Waals surface area (Å²) in [4.78, 5) is 13.8. The molecule has 0 atom stereocenters. The first-order valence-electron chi connectivity index (χ1n) is 14.0. The fraction of sp³-hybridized carbons (Fsp3) is 0. The van der Waals surface area contributed by atoms with Crippen molar-refractivity contribution >= 4 is 0 Å². The molecule has 3 heteroatoms. The standard InChI is InChI=1S/C39H27N3/c1-2-10-28(11-3-1)37-20-19-34(27-42-37)31-14-8-12-29(24-31)30-13-9-15-32(25-30)35-16-4-5-17-36(35)33-21-23-41-39(26-33)38-18-6-7-22-40-38/h1-27H. The van der Waals surface area contributed by atoms with Crippen molar-refractivity contribution in [1.82, 2.24) is 15.0 Å². The summed E-state index contributed by atoms with van der Waals surface area (Å²) in [5.74, 6) is 0. The number of rotatable bonds is 6. The third-order valence-electron chi connectivity index (χ3n) is 7.46. The first-order valence-corrected chi connectivity index (χ1v) is 14.0. The van der Waals surface area contributed by atoms with Crippen LogP contribution in [0.3, 0.4) is 0 Å². The van der Waals surface area contributed by atoms with E-state index in [2.05, 4.69) is 119 Å². The average molecular weight is 538 g/mol. The van der Waals surface area contributed by atoms with Crippen LogP contribution >= 0.6 is 0 Å². The molecule has 0 amide bonds. The van der Waals surface area contributed by atoms with Gasteiger partial charge in [0.15, 0.2) is 0 Å². The van der Waals surface area contributed by atoms with Gasteiger partial charge in [0.1, 0.15) is 0 Å². The van der Waals surface area contributed by atoms with E-state index in [9.17, 15) is 0 Å². The van der Waals surface area contributed by atoms with Crippen LogP contribution in [-0.4, -0.2) is 15.0 Å². The van der Waals surface area contributed by atoms with Crippen LogP contribution in [-0.2, 0) is 0 Å². The van der Waals surface area contributed by atoms with E-state index in [0.717, 1.165) is 44.9 Å². The van der Waals surface area contributed by atoms with Gasteiger partial charge in [0, 0.05) is 29.7 Å². The van der Waals surface area contributed by atoms with Gasteiger partial charge >= 0.3 is 0 Å². The molecule has 0 unspecified atom stereocenters. The molecular weight excluding hydrogens is 510 g/mol. The van der Waals surface area contributed by atoms with E-state index >= 15 is 0 Å². The minimum Gasteiger partial charge on any atom is -0.256 e. The number of aromatic nitrogens is 3. The number of pyridine rings is 3. The Hall–Kier alpha value is -5.67. The van der Waals surface area contributed by atoms with Crippen LogP contribution < -0.4 is 0 Å². The van der Waals surface area contributed by atoms with E-state index in [4.69, 9.17) is 4.98 Å². The molecule has 0 N–H and O–H groups in total. The summed E-state index contributed by atoms with van der Waals surface area (Å²) >= 11 is 0. The van der Waals surface area contributed by atoms with Crippen molar-refractivity contribution in [1.29, 1.82) is 0 Å². The molecule has 42 heavy (non-hydrogen) atoms. The zero-order valence-electron chi connectivity index (χ0n) is 22.9. The fourth-order valence-electron chi connectivity index (χ4n) is 5.33. The molecule has 0 aliphatic heterocycles. The third-order valence-corrected chi connectivity index (χ3v) is 7.46. The second-order valence-corrected chi connectivity index (χ2v) is 10.2. The summed E-state index contributed by atoms with van der Waals surface area (Å²) in [5.41, 5.74) is 13.0. The maximum absolute atomic E-state index is 4.74. The Morgan fingerprint density at radius 3 is 1.57 bits per heavy atom. The predicted octanol–water partition coefficient (Wildman–Crippen LogP) is 9.87. The van der Waals surface area contributed by atoms with Gasteiger partial charge in [-0.1, -0.05) is 103 Å². The van der Waals surface area contributed by atoms with Crippen LogP contribution in [0.25, 0.3) is 67.2 Å². The van der Waals surface area contributed by atoms with Gasteiger partial charge in [0.05, 0.1) is 17.1 Å². The van der Waals surface area contributed by atoms with Gasteiger partial charge in [0.25, 0.3) is 0 Å². The monoisotopic (exact) mass is 537 g/mol. The minimum atomic E-state index is 0.861. The van der Waals surface area contributed by atoms with Crippen LogP contribution in [0.5, 0.6) is 0 Å².